The number of esters is 1. The fraction of sp³-hybridized carbons (Fsp3) is 0.750. The summed E-state index contributed by atoms with van der Waals surface area (Å²) >= 11 is 0. The van der Waals surface area contributed by atoms with Crippen LogP contribution in [0.3, 0.4) is 0 Å². The van der Waals surface area contributed by atoms with Crippen molar-refractivity contribution in [3.63, 3.8) is 0 Å². The van der Waals surface area contributed by atoms with Crippen molar-refractivity contribution in [2.45, 2.75) is 42.9 Å². The van der Waals surface area contributed by atoms with Crippen molar-refractivity contribution < 1.29 is 54.8 Å². The van der Waals surface area contributed by atoms with Crippen molar-refractivity contribution in [3.8, 4) is 0 Å². The monoisotopic (exact) mass is 338 g/mol. The molecule has 0 bridgehead atoms. The van der Waals surface area contributed by atoms with E-state index in [4.69, 9.17) is 19.7 Å². The molecule has 0 aliphatic carbocycles. The maximum absolute atomic E-state index is 11.6. The maximum atomic E-state index is 11.6. The Morgan fingerprint density at radius 3 is 2.35 bits per heavy atom. The number of rotatable bonds is 5. The van der Waals surface area contributed by atoms with Crippen LogP contribution < -0.4 is 0 Å². The second-order valence-corrected chi connectivity index (χ2v) is 5.11. The Kier molecular flexibility index (Phi) is 5.41. The van der Waals surface area contributed by atoms with Crippen LogP contribution in [-0.2, 0) is 19.0 Å². The molecule has 2 rings (SSSR count). The number of aliphatic hydroxyl groups is 7. The molecule has 0 amide bonds. The summed E-state index contributed by atoms with van der Waals surface area (Å²) in [6.45, 7) is -1.50. The van der Waals surface area contributed by atoms with Crippen molar-refractivity contribution in [2.24, 2.45) is 0 Å². The molecule has 2 aliphatic rings. The minimum absolute atomic E-state index is 0.702. The molecule has 0 spiro atoms. The van der Waals surface area contributed by atoms with Gasteiger partial charge in [0.25, 0.3) is 0 Å². The van der Waals surface area contributed by atoms with Gasteiger partial charge in [-0.1, -0.05) is 0 Å². The molecule has 132 valence electrons. The SMILES string of the molecule is O=C1O[C@H]([C@@H](O)CO)C(O)=C1O[C@@H]1O[C@H](CO)[C@H](O)[C@H](O)[C@H]1O. The van der Waals surface area contributed by atoms with Gasteiger partial charge in [0.15, 0.2) is 11.9 Å². The third-order valence-electron chi connectivity index (χ3n) is 3.54. The van der Waals surface area contributed by atoms with Crippen LogP contribution >= 0.6 is 0 Å². The van der Waals surface area contributed by atoms with E-state index in [0.29, 0.717) is 0 Å². The minimum Gasteiger partial charge on any atom is -0.505 e. The van der Waals surface area contributed by atoms with Crippen LogP contribution in [0.4, 0.5) is 0 Å². The summed E-state index contributed by atoms with van der Waals surface area (Å²) in [5, 5.41) is 66.1. The van der Waals surface area contributed by atoms with Gasteiger partial charge in [-0.15, -0.1) is 0 Å². The zero-order chi connectivity index (χ0) is 17.3. The topological polar surface area (TPSA) is 186 Å². The van der Waals surface area contributed by atoms with Crippen molar-refractivity contribution in [1.82, 2.24) is 0 Å². The number of hydrogen-bond acceptors (Lipinski definition) is 11. The predicted molar refractivity (Wildman–Crippen MR) is 67.5 cm³/mol. The lowest BCUT2D eigenvalue weighted by Gasteiger charge is -2.39. The van der Waals surface area contributed by atoms with E-state index in [1.165, 1.54) is 0 Å². The normalized spacial score (nSPS) is 39.3. The summed E-state index contributed by atoms with van der Waals surface area (Å²) in [4.78, 5) is 11.6. The third-order valence-corrected chi connectivity index (χ3v) is 3.54. The summed E-state index contributed by atoms with van der Waals surface area (Å²) in [6.07, 6.45) is -11.2. The molecule has 11 nitrogen and oxygen atoms in total. The zero-order valence-electron chi connectivity index (χ0n) is 11.7. The number of cyclic esters (lactones) is 1. The predicted octanol–water partition coefficient (Wildman–Crippen LogP) is -4.15. The van der Waals surface area contributed by atoms with Gasteiger partial charge in [-0.25, -0.2) is 4.79 Å². The largest absolute Gasteiger partial charge is 0.505 e. The number of aliphatic hydroxyl groups excluding tert-OH is 7. The first-order valence-electron chi connectivity index (χ1n) is 6.72. The average Bonchev–Trinajstić information content (AvgIpc) is 2.82. The van der Waals surface area contributed by atoms with Crippen LogP contribution in [0, 0.1) is 0 Å². The van der Waals surface area contributed by atoms with E-state index in [1.54, 1.807) is 0 Å². The lowest BCUT2D eigenvalue weighted by Crippen LogP contribution is -2.59. The summed E-state index contributed by atoms with van der Waals surface area (Å²) in [6, 6.07) is 0. The first-order valence-corrected chi connectivity index (χ1v) is 6.72. The number of carbonyl (C=O) groups is 1. The van der Waals surface area contributed by atoms with Gasteiger partial charge < -0.3 is 50.0 Å². The molecule has 11 heteroatoms. The summed E-state index contributed by atoms with van der Waals surface area (Å²) in [5.74, 6) is -2.79. The Hall–Kier alpha value is -1.47. The number of carbonyl (C=O) groups excluding carboxylic acids is 1. The Morgan fingerprint density at radius 1 is 1.13 bits per heavy atom. The molecule has 23 heavy (non-hydrogen) atoms. The Morgan fingerprint density at radius 2 is 1.78 bits per heavy atom. The van der Waals surface area contributed by atoms with Gasteiger partial charge in [0, 0.05) is 0 Å². The molecule has 1 fully saturated rings. The summed E-state index contributed by atoms with van der Waals surface area (Å²) < 4.78 is 14.6. The van der Waals surface area contributed by atoms with E-state index in [-0.39, 0.29) is 0 Å². The van der Waals surface area contributed by atoms with Crippen LogP contribution in [-0.4, -0.2) is 97.8 Å². The third kappa shape index (κ3) is 3.26. The standard InChI is InChI=1S/C12H18O11/c13-1-3(15)9-8(19)10(11(20)22-9)23-12-7(18)6(17)5(16)4(2-14)21-12/h3-7,9,12-19H,1-2H2/t3-,4+,5-,6-,7+,9+,12-/m0/s1. The van der Waals surface area contributed by atoms with Gasteiger partial charge in [-0.2, -0.15) is 0 Å². The van der Waals surface area contributed by atoms with Crippen molar-refractivity contribution in [3.05, 3.63) is 11.5 Å². The van der Waals surface area contributed by atoms with Crippen molar-refractivity contribution in [1.29, 1.82) is 0 Å². The molecule has 0 unspecified atom stereocenters. The quantitative estimate of drug-likeness (QED) is 0.241. The van der Waals surface area contributed by atoms with Crippen LogP contribution in [0.25, 0.3) is 0 Å². The molecular formula is C12H18O11. The van der Waals surface area contributed by atoms with Crippen LogP contribution in [0.1, 0.15) is 0 Å². The Labute approximate surface area is 129 Å². The lowest BCUT2D eigenvalue weighted by molar-refractivity contribution is -0.291. The first-order chi connectivity index (χ1) is 10.8. The van der Waals surface area contributed by atoms with Crippen LogP contribution in [0.15, 0.2) is 11.5 Å². The Bertz CT molecular complexity index is 476. The first kappa shape index (κ1) is 17.9. The second kappa shape index (κ2) is 6.97. The molecule has 0 saturated carbocycles. The van der Waals surface area contributed by atoms with E-state index in [2.05, 4.69) is 4.74 Å². The van der Waals surface area contributed by atoms with E-state index < -0.39 is 73.6 Å². The molecule has 2 heterocycles. The smallest absolute Gasteiger partial charge is 0.378 e. The highest BCUT2D eigenvalue weighted by Gasteiger charge is 2.48. The molecule has 7 N–H and O–H groups in total. The van der Waals surface area contributed by atoms with Gasteiger partial charge >= 0.3 is 5.97 Å². The summed E-state index contributed by atoms with van der Waals surface area (Å²) in [7, 11) is 0. The van der Waals surface area contributed by atoms with E-state index in [0.717, 1.165) is 0 Å². The van der Waals surface area contributed by atoms with Gasteiger partial charge in [0.2, 0.25) is 12.0 Å². The molecule has 1 saturated heterocycles. The molecule has 0 radical (unpaired) electrons. The Balaban J connectivity index is 2.16. The maximum Gasteiger partial charge on any atom is 0.378 e. The van der Waals surface area contributed by atoms with Gasteiger partial charge in [0.1, 0.15) is 30.5 Å². The summed E-state index contributed by atoms with van der Waals surface area (Å²) in [5.41, 5.74) is 0. The molecular weight excluding hydrogens is 320 g/mol. The molecule has 2 aliphatic heterocycles. The van der Waals surface area contributed by atoms with E-state index in [1.807, 2.05) is 0 Å². The molecule has 0 aromatic heterocycles. The highest BCUT2D eigenvalue weighted by Crippen LogP contribution is 2.29. The van der Waals surface area contributed by atoms with E-state index >= 15 is 0 Å². The highest BCUT2D eigenvalue weighted by molar-refractivity contribution is 5.89. The molecule has 0 aromatic carbocycles. The average molecular weight is 338 g/mol. The van der Waals surface area contributed by atoms with Gasteiger partial charge in [-0.3, -0.25) is 0 Å². The van der Waals surface area contributed by atoms with Crippen LogP contribution in [0.5, 0.6) is 0 Å². The lowest BCUT2D eigenvalue weighted by atomic mass is 9.99. The molecule has 0 aromatic rings. The van der Waals surface area contributed by atoms with Crippen molar-refractivity contribution >= 4 is 5.97 Å². The number of ether oxygens (including phenoxy) is 3. The van der Waals surface area contributed by atoms with Gasteiger partial charge in [0.05, 0.1) is 13.2 Å². The zero-order valence-corrected chi connectivity index (χ0v) is 11.7. The highest BCUT2D eigenvalue weighted by atomic mass is 16.7. The fourth-order valence-electron chi connectivity index (χ4n) is 2.20. The number of hydrogen-bond donors (Lipinski definition) is 7. The van der Waals surface area contributed by atoms with Crippen LogP contribution in [0.2, 0.25) is 0 Å². The van der Waals surface area contributed by atoms with Crippen molar-refractivity contribution in [2.75, 3.05) is 13.2 Å². The fourth-order valence-corrected chi connectivity index (χ4v) is 2.20. The second-order valence-electron chi connectivity index (χ2n) is 5.11. The van der Waals surface area contributed by atoms with E-state index in [9.17, 15) is 30.3 Å². The van der Waals surface area contributed by atoms with Gasteiger partial charge in [-0.05, 0) is 0 Å². The minimum atomic E-state index is -1.79. The molecule has 7 atom stereocenters.